The fourth-order valence-electron chi connectivity index (χ4n) is 3.04. The van der Waals surface area contributed by atoms with Gasteiger partial charge in [-0.1, -0.05) is 0 Å². The Labute approximate surface area is 170 Å². The van der Waals surface area contributed by atoms with Crippen LogP contribution in [-0.2, 0) is 21.8 Å². The first-order valence-electron chi connectivity index (χ1n) is 9.87. The molecule has 29 heavy (non-hydrogen) atoms. The van der Waals surface area contributed by atoms with Crippen molar-refractivity contribution in [1.82, 2.24) is 25.8 Å². The van der Waals surface area contributed by atoms with E-state index in [1.54, 1.807) is 6.92 Å². The molecule has 0 spiro atoms. The predicted molar refractivity (Wildman–Crippen MR) is 108 cm³/mol. The van der Waals surface area contributed by atoms with E-state index >= 15 is 0 Å². The third-order valence-electron chi connectivity index (χ3n) is 4.54. The molecule has 1 aliphatic heterocycles. The van der Waals surface area contributed by atoms with E-state index in [9.17, 15) is 17.7 Å². The Morgan fingerprint density at radius 2 is 1.62 bits per heavy atom. The summed E-state index contributed by atoms with van der Waals surface area (Å²) in [6.07, 6.45) is -4.55. The average Bonchev–Trinajstić information content (AvgIpc) is 2.63. The second-order valence-electron chi connectivity index (χ2n) is 6.99. The molecule has 1 unspecified atom stereocenters. The summed E-state index contributed by atoms with van der Waals surface area (Å²) in [4.78, 5) is 6.32. The van der Waals surface area contributed by atoms with E-state index < -0.39 is 19.1 Å². The van der Waals surface area contributed by atoms with Gasteiger partial charge in [0.15, 0.2) is 0 Å². The molecule has 0 aromatic carbocycles. The molecule has 0 amide bonds. The van der Waals surface area contributed by atoms with Crippen LogP contribution in [0.15, 0.2) is 12.1 Å². The third kappa shape index (κ3) is 8.32. The molecular weight excluding hydrogens is 406 g/mol. The number of hydrogen-bond donors (Lipinski definition) is 3. The van der Waals surface area contributed by atoms with Crippen LogP contribution in [-0.4, -0.2) is 75.5 Å². The fraction of sp³-hybridized carbons (Fsp3) is 0.722. The minimum absolute atomic E-state index is 0.138. The van der Waals surface area contributed by atoms with Crippen LogP contribution < -0.4 is 21.4 Å². The van der Waals surface area contributed by atoms with Gasteiger partial charge in [-0.15, -0.1) is 0 Å². The van der Waals surface area contributed by atoms with E-state index in [2.05, 4.69) is 20.9 Å². The Bertz CT molecular complexity index is 678. The third-order valence-corrected chi connectivity index (χ3v) is 6.35. The first kappa shape index (κ1) is 24.2. The molecular formula is C18H31F3N5O2P. The second-order valence-corrected chi connectivity index (χ2v) is 9.40. The van der Waals surface area contributed by atoms with Crippen molar-refractivity contribution in [2.45, 2.75) is 19.6 Å². The summed E-state index contributed by atoms with van der Waals surface area (Å²) in [5.74, 6) is 0. The van der Waals surface area contributed by atoms with Crippen LogP contribution in [0.1, 0.15) is 18.2 Å². The normalized spacial score (nSPS) is 20.4. The van der Waals surface area contributed by atoms with Crippen LogP contribution in [0.25, 0.3) is 0 Å². The lowest BCUT2D eigenvalue weighted by molar-refractivity contribution is -0.137. The lowest BCUT2D eigenvalue weighted by atomic mass is 10.2. The largest absolute Gasteiger partial charge is 0.416 e. The van der Waals surface area contributed by atoms with E-state index in [1.165, 1.54) is 6.66 Å². The number of hydrogen-bond acceptors (Lipinski definition) is 7. The number of rotatable bonds is 5. The molecule has 7 nitrogen and oxygen atoms in total. The zero-order valence-corrected chi connectivity index (χ0v) is 17.9. The Balaban J connectivity index is 2.22. The maximum Gasteiger partial charge on any atom is 0.416 e. The van der Waals surface area contributed by atoms with Crippen molar-refractivity contribution in [2.75, 3.05) is 65.6 Å². The number of nitrogens with zero attached hydrogens (tertiary/aromatic N) is 2. The average molecular weight is 437 g/mol. The molecule has 1 aromatic heterocycles. The molecule has 0 aliphatic carbocycles. The van der Waals surface area contributed by atoms with Gasteiger partial charge in [0.05, 0.1) is 17.9 Å². The Kier molecular flexibility index (Phi) is 9.52. The maximum atomic E-state index is 13.4. The highest BCUT2D eigenvalue weighted by molar-refractivity contribution is 7.65. The Hall–Kier alpha value is -1.03. The van der Waals surface area contributed by atoms with Gasteiger partial charge >= 0.3 is 6.18 Å². The van der Waals surface area contributed by atoms with Crippen molar-refractivity contribution < 1.29 is 22.3 Å². The molecule has 2 rings (SSSR count). The standard InChI is InChI=1S/C18H31F3N5O2P/c1-3-28-29(2,27)17-13-15(18(19,20)21)12-16(25-17)14-26-10-8-23-6-4-22-5-7-24-9-11-26/h12-13,22-24H,3-11,14H2,1-2H3. The molecule has 0 radical (unpaired) electrons. The van der Waals surface area contributed by atoms with Crippen molar-refractivity contribution in [3.8, 4) is 0 Å². The highest BCUT2D eigenvalue weighted by Crippen LogP contribution is 2.41. The fourth-order valence-corrected chi connectivity index (χ4v) is 4.35. The Morgan fingerprint density at radius 3 is 2.14 bits per heavy atom. The van der Waals surface area contributed by atoms with Crippen LogP contribution in [0, 0.1) is 0 Å². The molecule has 1 aliphatic rings. The number of aromatic nitrogens is 1. The van der Waals surface area contributed by atoms with Crippen molar-refractivity contribution in [1.29, 1.82) is 0 Å². The predicted octanol–water partition coefficient (Wildman–Crippen LogP) is 1.25. The van der Waals surface area contributed by atoms with Crippen molar-refractivity contribution in [3.05, 3.63) is 23.4 Å². The minimum Gasteiger partial charge on any atom is -0.325 e. The number of halogens is 3. The van der Waals surface area contributed by atoms with Gasteiger partial charge in [0.1, 0.15) is 5.44 Å². The van der Waals surface area contributed by atoms with Gasteiger partial charge < -0.3 is 20.5 Å². The summed E-state index contributed by atoms with van der Waals surface area (Å²) in [6.45, 7) is 9.50. The topological polar surface area (TPSA) is 78.5 Å². The Morgan fingerprint density at radius 1 is 1.07 bits per heavy atom. The summed E-state index contributed by atoms with van der Waals surface area (Å²) >= 11 is 0. The van der Waals surface area contributed by atoms with E-state index in [4.69, 9.17) is 4.52 Å². The van der Waals surface area contributed by atoms with Crippen LogP contribution in [0.4, 0.5) is 13.2 Å². The van der Waals surface area contributed by atoms with Gasteiger partial charge in [-0.2, -0.15) is 13.2 Å². The second kappa shape index (κ2) is 11.4. The van der Waals surface area contributed by atoms with Gasteiger partial charge in [-0.3, -0.25) is 9.46 Å². The van der Waals surface area contributed by atoms with Crippen LogP contribution in [0.5, 0.6) is 0 Å². The smallest absolute Gasteiger partial charge is 0.325 e. The maximum absolute atomic E-state index is 13.4. The zero-order valence-electron chi connectivity index (χ0n) is 17.0. The van der Waals surface area contributed by atoms with Gasteiger partial charge in [0, 0.05) is 65.6 Å². The first-order valence-corrected chi connectivity index (χ1v) is 11.9. The van der Waals surface area contributed by atoms with E-state index in [1.807, 2.05) is 4.90 Å². The summed E-state index contributed by atoms with van der Waals surface area (Å²) < 4.78 is 58.1. The molecule has 1 atom stereocenters. The summed E-state index contributed by atoms with van der Waals surface area (Å²) in [6, 6.07) is 1.88. The van der Waals surface area contributed by atoms with Crippen molar-refractivity contribution >= 4 is 12.8 Å². The summed E-state index contributed by atoms with van der Waals surface area (Å²) in [5, 5.41) is 9.95. The molecule has 11 heteroatoms. The lowest BCUT2D eigenvalue weighted by Crippen LogP contribution is -2.41. The zero-order chi connectivity index (χ0) is 21.3. The number of pyridine rings is 1. The quantitative estimate of drug-likeness (QED) is 0.599. The molecule has 166 valence electrons. The van der Waals surface area contributed by atoms with Crippen molar-refractivity contribution in [3.63, 3.8) is 0 Å². The van der Waals surface area contributed by atoms with E-state index in [0.717, 1.165) is 51.4 Å². The summed E-state index contributed by atoms with van der Waals surface area (Å²) in [5.41, 5.74) is -0.748. The molecule has 1 saturated heterocycles. The molecule has 1 fully saturated rings. The van der Waals surface area contributed by atoms with Gasteiger partial charge in [0.2, 0.25) is 7.37 Å². The summed E-state index contributed by atoms with van der Waals surface area (Å²) in [7, 11) is -3.42. The molecule has 0 bridgehead atoms. The van der Waals surface area contributed by atoms with Crippen LogP contribution in [0.2, 0.25) is 0 Å². The van der Waals surface area contributed by atoms with Gasteiger partial charge in [0.25, 0.3) is 0 Å². The highest BCUT2D eigenvalue weighted by Gasteiger charge is 2.34. The number of alkyl halides is 3. The minimum atomic E-state index is -4.55. The van der Waals surface area contributed by atoms with E-state index in [-0.39, 0.29) is 24.3 Å². The molecule has 1 aromatic rings. The molecule has 2 heterocycles. The first-order chi connectivity index (χ1) is 13.7. The molecule has 3 N–H and O–H groups in total. The van der Waals surface area contributed by atoms with E-state index in [0.29, 0.717) is 13.1 Å². The lowest BCUT2D eigenvalue weighted by Gasteiger charge is -2.24. The van der Waals surface area contributed by atoms with Crippen LogP contribution >= 0.6 is 7.37 Å². The number of nitrogens with one attached hydrogen (secondary N) is 3. The van der Waals surface area contributed by atoms with Gasteiger partial charge in [-0.05, 0) is 19.1 Å². The molecule has 0 saturated carbocycles. The highest BCUT2D eigenvalue weighted by atomic mass is 31.2. The van der Waals surface area contributed by atoms with Crippen LogP contribution in [0.3, 0.4) is 0 Å². The van der Waals surface area contributed by atoms with Gasteiger partial charge in [-0.25, -0.2) is 4.98 Å². The van der Waals surface area contributed by atoms with Crippen molar-refractivity contribution in [2.24, 2.45) is 0 Å². The SMILES string of the molecule is CCOP(C)(=O)c1cc(C(F)(F)F)cc(CN2CCNCCNCCNCC2)n1. The monoisotopic (exact) mass is 437 g/mol.